The molecule has 1 heterocycles. The highest BCUT2D eigenvalue weighted by atomic mass is 19.4. The van der Waals surface area contributed by atoms with Gasteiger partial charge in [0, 0.05) is 12.4 Å². The first-order valence-corrected chi connectivity index (χ1v) is 5.68. The molecule has 0 fully saturated rings. The Hall–Kier alpha value is -2.31. The molecule has 0 saturated carbocycles. The topological polar surface area (TPSA) is 44.1 Å². The number of aldehydes is 1. The van der Waals surface area contributed by atoms with Gasteiger partial charge < -0.3 is 9.53 Å². The fourth-order valence-electron chi connectivity index (χ4n) is 1.79. The highest BCUT2D eigenvalue weighted by Crippen LogP contribution is 2.27. The van der Waals surface area contributed by atoms with Crippen LogP contribution in [0.3, 0.4) is 0 Å². The maximum absolute atomic E-state index is 12.1. The Labute approximate surface area is 112 Å². The van der Waals surface area contributed by atoms with E-state index in [2.05, 4.69) is 9.84 Å². The second-order valence-corrected chi connectivity index (χ2v) is 4.29. The smallest absolute Gasteiger partial charge is 0.406 e. The zero-order chi connectivity index (χ0) is 14.8. The van der Waals surface area contributed by atoms with Crippen molar-refractivity contribution in [2.24, 2.45) is 0 Å². The first-order valence-electron chi connectivity index (χ1n) is 5.68. The number of halogens is 3. The molecule has 0 amide bonds. The van der Waals surface area contributed by atoms with Gasteiger partial charge in [-0.25, -0.2) is 0 Å². The van der Waals surface area contributed by atoms with Gasteiger partial charge in [-0.1, -0.05) is 12.1 Å². The monoisotopic (exact) mass is 284 g/mol. The average molecular weight is 284 g/mol. The standard InChI is InChI=1S/C13H11F3N2O2/c1-12(9-19,18-8-2-7-17-18)10-3-5-11(6-4-10)20-13(14,15)16/h2-9H,1H3. The molecule has 1 aromatic carbocycles. The molecule has 0 aliphatic heterocycles. The van der Waals surface area contributed by atoms with Crippen molar-refractivity contribution < 1.29 is 22.7 Å². The molecule has 0 aliphatic carbocycles. The van der Waals surface area contributed by atoms with E-state index in [0.717, 1.165) is 12.1 Å². The van der Waals surface area contributed by atoms with Crippen LogP contribution in [0.15, 0.2) is 42.7 Å². The van der Waals surface area contributed by atoms with Crippen LogP contribution in [0.5, 0.6) is 5.75 Å². The van der Waals surface area contributed by atoms with Crippen molar-refractivity contribution in [2.45, 2.75) is 18.8 Å². The lowest BCUT2D eigenvalue weighted by molar-refractivity contribution is -0.274. The van der Waals surface area contributed by atoms with Crippen LogP contribution in [0.4, 0.5) is 13.2 Å². The lowest BCUT2D eigenvalue weighted by Gasteiger charge is -2.24. The van der Waals surface area contributed by atoms with E-state index in [0.29, 0.717) is 11.8 Å². The van der Waals surface area contributed by atoms with Crippen LogP contribution in [0.25, 0.3) is 0 Å². The molecule has 2 aromatic rings. The number of carbonyl (C=O) groups excluding carboxylic acids is 1. The van der Waals surface area contributed by atoms with Crippen molar-refractivity contribution in [3.05, 3.63) is 48.3 Å². The van der Waals surface area contributed by atoms with E-state index in [-0.39, 0.29) is 5.75 Å². The maximum atomic E-state index is 12.1. The molecular weight excluding hydrogens is 273 g/mol. The number of nitrogens with zero attached hydrogens (tertiary/aromatic N) is 2. The zero-order valence-electron chi connectivity index (χ0n) is 10.5. The number of carbonyl (C=O) groups is 1. The molecule has 0 spiro atoms. The maximum Gasteiger partial charge on any atom is 0.573 e. The number of hydrogen-bond donors (Lipinski definition) is 0. The number of alkyl halides is 3. The molecular formula is C13H11F3N2O2. The lowest BCUT2D eigenvalue weighted by Crippen LogP contribution is -2.33. The molecule has 0 bridgehead atoms. The Balaban J connectivity index is 2.31. The summed E-state index contributed by atoms with van der Waals surface area (Å²) in [5.41, 5.74) is -0.578. The fourth-order valence-corrected chi connectivity index (χ4v) is 1.79. The van der Waals surface area contributed by atoms with Crippen LogP contribution in [-0.2, 0) is 10.3 Å². The number of aromatic nitrogens is 2. The molecule has 1 atom stereocenters. The van der Waals surface area contributed by atoms with E-state index < -0.39 is 11.9 Å². The molecule has 0 saturated heterocycles. The molecule has 1 aromatic heterocycles. The van der Waals surface area contributed by atoms with Crippen LogP contribution >= 0.6 is 0 Å². The van der Waals surface area contributed by atoms with E-state index in [1.165, 1.54) is 23.0 Å². The summed E-state index contributed by atoms with van der Waals surface area (Å²) in [4.78, 5) is 11.4. The molecule has 106 valence electrons. The van der Waals surface area contributed by atoms with Crippen LogP contribution < -0.4 is 4.74 Å². The third-order valence-corrected chi connectivity index (χ3v) is 2.88. The van der Waals surface area contributed by atoms with Gasteiger partial charge in [0.2, 0.25) is 0 Å². The Bertz CT molecular complexity index is 579. The molecule has 0 aliphatic rings. The summed E-state index contributed by atoms with van der Waals surface area (Å²) in [6.07, 6.45) is -0.936. The highest BCUT2D eigenvalue weighted by Gasteiger charge is 2.32. The van der Waals surface area contributed by atoms with E-state index in [1.807, 2.05) is 0 Å². The minimum atomic E-state index is -4.74. The van der Waals surface area contributed by atoms with Gasteiger partial charge in [0.15, 0.2) is 6.29 Å². The van der Waals surface area contributed by atoms with E-state index in [4.69, 9.17) is 0 Å². The summed E-state index contributed by atoms with van der Waals surface area (Å²) < 4.78 is 41.4. The van der Waals surface area contributed by atoms with Crippen LogP contribution in [0, 0.1) is 0 Å². The summed E-state index contributed by atoms with van der Waals surface area (Å²) in [6.45, 7) is 1.62. The Morgan fingerprint density at radius 2 is 1.90 bits per heavy atom. The molecule has 0 N–H and O–H groups in total. The van der Waals surface area contributed by atoms with Crippen molar-refractivity contribution in [3.8, 4) is 5.75 Å². The molecule has 0 radical (unpaired) electrons. The quantitative estimate of drug-likeness (QED) is 0.811. The summed E-state index contributed by atoms with van der Waals surface area (Å²) in [5.74, 6) is -0.338. The predicted octanol–water partition coefficient (Wildman–Crippen LogP) is 2.74. The summed E-state index contributed by atoms with van der Waals surface area (Å²) in [6, 6.07) is 6.78. The van der Waals surface area contributed by atoms with Gasteiger partial charge in [-0.2, -0.15) is 5.10 Å². The average Bonchev–Trinajstić information content (AvgIpc) is 2.91. The second kappa shape index (κ2) is 4.99. The van der Waals surface area contributed by atoms with E-state index >= 15 is 0 Å². The molecule has 2 rings (SSSR count). The summed E-state index contributed by atoms with van der Waals surface area (Å²) in [7, 11) is 0. The zero-order valence-corrected chi connectivity index (χ0v) is 10.5. The third-order valence-electron chi connectivity index (χ3n) is 2.88. The van der Waals surface area contributed by atoms with Crippen LogP contribution in [-0.4, -0.2) is 22.4 Å². The lowest BCUT2D eigenvalue weighted by atomic mass is 9.94. The number of ether oxygens (including phenoxy) is 1. The molecule has 1 unspecified atom stereocenters. The Kier molecular flexibility index (Phi) is 3.52. The first kappa shape index (κ1) is 14.1. The van der Waals surface area contributed by atoms with Crippen molar-refractivity contribution >= 4 is 6.29 Å². The largest absolute Gasteiger partial charge is 0.573 e. The molecule has 20 heavy (non-hydrogen) atoms. The first-order chi connectivity index (χ1) is 9.35. The van der Waals surface area contributed by atoms with Gasteiger partial charge in [-0.15, -0.1) is 13.2 Å². The third kappa shape index (κ3) is 2.81. The van der Waals surface area contributed by atoms with Crippen molar-refractivity contribution in [3.63, 3.8) is 0 Å². The second-order valence-electron chi connectivity index (χ2n) is 4.29. The minimum Gasteiger partial charge on any atom is -0.406 e. The predicted molar refractivity (Wildman–Crippen MR) is 64.2 cm³/mol. The van der Waals surface area contributed by atoms with Gasteiger partial charge in [0.25, 0.3) is 0 Å². The number of rotatable bonds is 4. The molecule has 4 nitrogen and oxygen atoms in total. The number of benzene rings is 1. The fraction of sp³-hybridized carbons (Fsp3) is 0.231. The summed E-state index contributed by atoms with van der Waals surface area (Å²) >= 11 is 0. The van der Waals surface area contributed by atoms with Crippen LogP contribution in [0.1, 0.15) is 12.5 Å². The van der Waals surface area contributed by atoms with Crippen molar-refractivity contribution in [2.75, 3.05) is 0 Å². The Morgan fingerprint density at radius 1 is 1.25 bits per heavy atom. The Morgan fingerprint density at radius 3 is 2.35 bits per heavy atom. The van der Waals surface area contributed by atoms with Crippen molar-refractivity contribution in [1.29, 1.82) is 0 Å². The minimum absolute atomic E-state index is 0.338. The van der Waals surface area contributed by atoms with E-state index in [1.54, 1.807) is 19.2 Å². The van der Waals surface area contributed by atoms with Gasteiger partial charge in [-0.3, -0.25) is 4.68 Å². The van der Waals surface area contributed by atoms with Crippen LogP contribution in [0.2, 0.25) is 0 Å². The highest BCUT2D eigenvalue weighted by molar-refractivity contribution is 5.67. The van der Waals surface area contributed by atoms with Gasteiger partial charge >= 0.3 is 6.36 Å². The van der Waals surface area contributed by atoms with Gasteiger partial charge in [0.05, 0.1) is 0 Å². The SMILES string of the molecule is CC(C=O)(c1ccc(OC(F)(F)F)cc1)n1cccn1. The van der Waals surface area contributed by atoms with Gasteiger partial charge in [0.1, 0.15) is 11.3 Å². The van der Waals surface area contributed by atoms with E-state index in [9.17, 15) is 18.0 Å². The van der Waals surface area contributed by atoms with Crippen molar-refractivity contribution in [1.82, 2.24) is 9.78 Å². The normalized spacial score (nSPS) is 14.6. The van der Waals surface area contributed by atoms with Gasteiger partial charge in [-0.05, 0) is 30.7 Å². The number of hydrogen-bond acceptors (Lipinski definition) is 3. The molecule has 7 heteroatoms. The summed E-state index contributed by atoms with van der Waals surface area (Å²) in [5, 5.41) is 3.99.